The Kier molecular flexibility index (Phi) is 3.63. The van der Waals surface area contributed by atoms with Gasteiger partial charge < -0.3 is 10.4 Å². The van der Waals surface area contributed by atoms with Gasteiger partial charge >= 0.3 is 0 Å². The van der Waals surface area contributed by atoms with Crippen molar-refractivity contribution in [3.05, 3.63) is 12.2 Å². The molecule has 0 saturated carbocycles. The number of carbonyl (C=O) groups excluding carboxylic acids is 1. The monoisotopic (exact) mass is 183 g/mol. The van der Waals surface area contributed by atoms with Crippen LogP contribution in [-0.2, 0) is 4.79 Å². The Labute approximate surface area is 78.8 Å². The number of aliphatic hydroxyl groups excluding tert-OH is 1. The lowest BCUT2D eigenvalue weighted by atomic mass is 9.95. The fourth-order valence-electron chi connectivity index (χ4n) is 1.58. The first-order valence-corrected chi connectivity index (χ1v) is 4.74. The molecule has 1 fully saturated rings. The van der Waals surface area contributed by atoms with E-state index in [2.05, 4.69) is 11.9 Å². The minimum absolute atomic E-state index is 0.0713. The van der Waals surface area contributed by atoms with E-state index < -0.39 is 6.10 Å². The van der Waals surface area contributed by atoms with Gasteiger partial charge in [0.05, 0.1) is 0 Å². The Bertz CT molecular complexity index is 207. The lowest BCUT2D eigenvalue weighted by Gasteiger charge is -2.27. The van der Waals surface area contributed by atoms with Crippen molar-refractivity contribution in [2.75, 3.05) is 6.54 Å². The molecule has 2 N–H and O–H groups in total. The highest BCUT2D eigenvalue weighted by Gasteiger charge is 2.26. The highest BCUT2D eigenvalue weighted by atomic mass is 16.3. The highest BCUT2D eigenvalue weighted by Crippen LogP contribution is 2.12. The molecule has 0 spiro atoms. The van der Waals surface area contributed by atoms with Crippen molar-refractivity contribution in [2.45, 2.75) is 38.3 Å². The van der Waals surface area contributed by atoms with E-state index in [0.29, 0.717) is 5.57 Å². The topological polar surface area (TPSA) is 49.3 Å². The van der Waals surface area contributed by atoms with Crippen molar-refractivity contribution >= 4 is 5.78 Å². The number of Topliss-reactive ketones (excluding diaryl/α,β-unsaturated/α-hetero) is 1. The van der Waals surface area contributed by atoms with Gasteiger partial charge in [0, 0.05) is 6.04 Å². The van der Waals surface area contributed by atoms with E-state index in [0.717, 1.165) is 25.8 Å². The number of rotatable bonds is 3. The molecular weight excluding hydrogens is 166 g/mol. The third kappa shape index (κ3) is 2.64. The van der Waals surface area contributed by atoms with Gasteiger partial charge in [0.15, 0.2) is 5.78 Å². The second kappa shape index (κ2) is 4.53. The Hall–Kier alpha value is -0.670. The summed E-state index contributed by atoms with van der Waals surface area (Å²) >= 11 is 0. The van der Waals surface area contributed by atoms with Gasteiger partial charge in [0.1, 0.15) is 6.10 Å². The number of hydrogen-bond donors (Lipinski definition) is 2. The third-order valence-corrected chi connectivity index (χ3v) is 2.42. The van der Waals surface area contributed by atoms with E-state index in [-0.39, 0.29) is 11.8 Å². The smallest absolute Gasteiger partial charge is 0.187 e. The zero-order chi connectivity index (χ0) is 9.84. The van der Waals surface area contributed by atoms with Gasteiger partial charge in [0.25, 0.3) is 0 Å². The van der Waals surface area contributed by atoms with Gasteiger partial charge in [-0.05, 0) is 31.9 Å². The van der Waals surface area contributed by atoms with Crippen LogP contribution in [0, 0.1) is 0 Å². The Morgan fingerprint density at radius 1 is 1.62 bits per heavy atom. The minimum Gasteiger partial charge on any atom is -0.383 e. The molecule has 0 aromatic heterocycles. The van der Waals surface area contributed by atoms with Crippen LogP contribution in [-0.4, -0.2) is 29.6 Å². The fourth-order valence-corrected chi connectivity index (χ4v) is 1.58. The minimum atomic E-state index is -0.905. The van der Waals surface area contributed by atoms with Crippen molar-refractivity contribution in [3.8, 4) is 0 Å². The van der Waals surface area contributed by atoms with Crippen LogP contribution in [0.2, 0.25) is 0 Å². The molecule has 1 saturated heterocycles. The third-order valence-electron chi connectivity index (χ3n) is 2.42. The second-order valence-corrected chi connectivity index (χ2v) is 3.65. The summed E-state index contributed by atoms with van der Waals surface area (Å²) in [7, 11) is 0. The van der Waals surface area contributed by atoms with Crippen LogP contribution in [0.4, 0.5) is 0 Å². The number of ketones is 1. The molecule has 0 radical (unpaired) electrons. The molecule has 2 unspecified atom stereocenters. The van der Waals surface area contributed by atoms with E-state index in [1.54, 1.807) is 6.92 Å². The van der Waals surface area contributed by atoms with Crippen LogP contribution in [0.1, 0.15) is 26.2 Å². The number of carbonyl (C=O) groups is 1. The van der Waals surface area contributed by atoms with E-state index >= 15 is 0 Å². The Morgan fingerprint density at radius 3 is 2.77 bits per heavy atom. The van der Waals surface area contributed by atoms with Crippen LogP contribution < -0.4 is 5.32 Å². The zero-order valence-corrected chi connectivity index (χ0v) is 8.05. The molecule has 1 aliphatic heterocycles. The maximum atomic E-state index is 11.4. The SMILES string of the molecule is C=C(C)C(=O)C(O)C1CCCCN1. The zero-order valence-electron chi connectivity index (χ0n) is 8.05. The fraction of sp³-hybridized carbons (Fsp3) is 0.700. The molecule has 2 atom stereocenters. The average Bonchev–Trinajstić information content (AvgIpc) is 2.17. The number of aliphatic hydroxyl groups is 1. The average molecular weight is 183 g/mol. The van der Waals surface area contributed by atoms with Crippen molar-refractivity contribution in [2.24, 2.45) is 0 Å². The largest absolute Gasteiger partial charge is 0.383 e. The highest BCUT2D eigenvalue weighted by molar-refractivity contribution is 5.98. The summed E-state index contributed by atoms with van der Waals surface area (Å²) in [6.07, 6.45) is 2.18. The Balaban J connectivity index is 2.49. The van der Waals surface area contributed by atoms with E-state index in [1.807, 2.05) is 0 Å². The molecular formula is C10H17NO2. The number of piperidine rings is 1. The van der Waals surface area contributed by atoms with Crippen molar-refractivity contribution < 1.29 is 9.90 Å². The molecule has 3 nitrogen and oxygen atoms in total. The van der Waals surface area contributed by atoms with Crippen LogP contribution in [0.25, 0.3) is 0 Å². The van der Waals surface area contributed by atoms with Crippen LogP contribution in [0.5, 0.6) is 0 Å². The molecule has 74 valence electrons. The molecule has 1 rings (SSSR count). The van der Waals surface area contributed by atoms with Crippen LogP contribution in [0.15, 0.2) is 12.2 Å². The molecule has 1 heterocycles. The Morgan fingerprint density at radius 2 is 2.31 bits per heavy atom. The number of nitrogens with one attached hydrogen (secondary N) is 1. The van der Waals surface area contributed by atoms with Gasteiger partial charge in [-0.25, -0.2) is 0 Å². The standard InChI is InChI=1S/C10H17NO2/c1-7(2)9(12)10(13)8-5-3-4-6-11-8/h8,10-11,13H,1,3-6H2,2H3. The van der Waals surface area contributed by atoms with Gasteiger partial charge in [0.2, 0.25) is 0 Å². The molecule has 0 aromatic carbocycles. The summed E-state index contributed by atoms with van der Waals surface area (Å²) in [4.78, 5) is 11.4. The molecule has 0 aliphatic carbocycles. The van der Waals surface area contributed by atoms with Gasteiger partial charge in [-0.3, -0.25) is 4.79 Å². The summed E-state index contributed by atoms with van der Waals surface area (Å²) in [5.41, 5.74) is 0.430. The predicted molar refractivity (Wildman–Crippen MR) is 51.5 cm³/mol. The first-order valence-electron chi connectivity index (χ1n) is 4.74. The second-order valence-electron chi connectivity index (χ2n) is 3.65. The molecule has 0 aromatic rings. The maximum Gasteiger partial charge on any atom is 0.187 e. The normalized spacial score (nSPS) is 25.2. The first-order chi connectivity index (χ1) is 6.13. The van der Waals surface area contributed by atoms with Crippen molar-refractivity contribution in [1.82, 2.24) is 5.32 Å². The van der Waals surface area contributed by atoms with Gasteiger partial charge in [-0.2, -0.15) is 0 Å². The predicted octanol–water partition coefficient (Wildman–Crippen LogP) is 0.635. The lowest BCUT2D eigenvalue weighted by Crippen LogP contribution is -2.46. The van der Waals surface area contributed by atoms with Gasteiger partial charge in [-0.15, -0.1) is 0 Å². The van der Waals surface area contributed by atoms with Gasteiger partial charge in [-0.1, -0.05) is 13.0 Å². The molecule has 13 heavy (non-hydrogen) atoms. The molecule has 0 bridgehead atoms. The van der Waals surface area contributed by atoms with Crippen molar-refractivity contribution in [3.63, 3.8) is 0 Å². The molecule has 1 aliphatic rings. The summed E-state index contributed by atoms with van der Waals surface area (Å²) in [6.45, 7) is 6.06. The summed E-state index contributed by atoms with van der Waals surface area (Å²) in [5, 5.41) is 12.8. The van der Waals surface area contributed by atoms with Crippen LogP contribution >= 0.6 is 0 Å². The maximum absolute atomic E-state index is 11.4. The number of hydrogen-bond acceptors (Lipinski definition) is 3. The molecule has 0 amide bonds. The summed E-state index contributed by atoms with van der Waals surface area (Å²) in [5.74, 6) is -0.237. The van der Waals surface area contributed by atoms with E-state index in [1.165, 1.54) is 0 Å². The quantitative estimate of drug-likeness (QED) is 0.631. The van der Waals surface area contributed by atoms with Crippen LogP contribution in [0.3, 0.4) is 0 Å². The summed E-state index contributed by atoms with van der Waals surface area (Å²) in [6, 6.07) is -0.0713. The molecule has 3 heteroatoms. The first kappa shape index (κ1) is 10.4. The summed E-state index contributed by atoms with van der Waals surface area (Å²) < 4.78 is 0. The van der Waals surface area contributed by atoms with Crippen molar-refractivity contribution in [1.29, 1.82) is 0 Å². The van der Waals surface area contributed by atoms with E-state index in [9.17, 15) is 9.90 Å². The van der Waals surface area contributed by atoms with E-state index in [4.69, 9.17) is 0 Å². The lowest BCUT2D eigenvalue weighted by molar-refractivity contribution is -0.124.